The van der Waals surface area contributed by atoms with E-state index < -0.39 is 0 Å². The van der Waals surface area contributed by atoms with Gasteiger partial charge >= 0.3 is 0 Å². The van der Waals surface area contributed by atoms with Crippen LogP contribution in [0.3, 0.4) is 0 Å². The van der Waals surface area contributed by atoms with Crippen LogP contribution < -0.4 is 5.32 Å². The Hall–Kier alpha value is -0.820. The van der Waals surface area contributed by atoms with Crippen LogP contribution in [-0.2, 0) is 12.8 Å². The fourth-order valence-corrected chi connectivity index (χ4v) is 2.79. The summed E-state index contributed by atoms with van der Waals surface area (Å²) in [7, 11) is 0. The van der Waals surface area contributed by atoms with Crippen LogP contribution in [0.15, 0.2) is 24.3 Å². The molecule has 68 valence electrons. The van der Waals surface area contributed by atoms with E-state index in [2.05, 4.69) is 29.6 Å². The molecule has 2 aliphatic rings. The maximum atomic E-state index is 3.50. The van der Waals surface area contributed by atoms with Crippen molar-refractivity contribution in [2.24, 2.45) is 11.8 Å². The SMILES string of the molecule is c1ccc2c(c1)C[C@H]1CNC[C@@H]1C2. The molecule has 3 rings (SSSR count). The molecule has 1 aromatic carbocycles. The lowest BCUT2D eigenvalue weighted by Gasteiger charge is -2.26. The van der Waals surface area contributed by atoms with E-state index in [0.29, 0.717) is 0 Å². The van der Waals surface area contributed by atoms with Crippen molar-refractivity contribution in [3.63, 3.8) is 0 Å². The quantitative estimate of drug-likeness (QED) is 0.628. The van der Waals surface area contributed by atoms with E-state index in [-0.39, 0.29) is 0 Å². The van der Waals surface area contributed by atoms with Gasteiger partial charge in [0.05, 0.1) is 0 Å². The van der Waals surface area contributed by atoms with Gasteiger partial charge in [-0.1, -0.05) is 24.3 Å². The molecule has 1 nitrogen and oxygen atoms in total. The van der Waals surface area contributed by atoms with Gasteiger partial charge < -0.3 is 5.32 Å². The molecule has 1 N–H and O–H groups in total. The first-order chi connectivity index (χ1) is 6.43. The Labute approximate surface area is 79.2 Å². The number of rotatable bonds is 0. The Kier molecular flexibility index (Phi) is 1.66. The van der Waals surface area contributed by atoms with Crippen LogP contribution in [0.25, 0.3) is 0 Å². The molecule has 1 heterocycles. The molecular weight excluding hydrogens is 158 g/mol. The van der Waals surface area contributed by atoms with E-state index in [1.165, 1.54) is 25.9 Å². The molecule has 0 aromatic heterocycles. The fourth-order valence-electron chi connectivity index (χ4n) is 2.79. The Morgan fingerprint density at radius 1 is 0.923 bits per heavy atom. The number of nitrogens with one attached hydrogen (secondary N) is 1. The monoisotopic (exact) mass is 173 g/mol. The van der Waals surface area contributed by atoms with E-state index >= 15 is 0 Å². The summed E-state index contributed by atoms with van der Waals surface area (Å²) in [6.45, 7) is 2.47. The Morgan fingerprint density at radius 3 is 2.00 bits per heavy atom. The third-order valence-corrected chi connectivity index (χ3v) is 3.56. The smallest absolute Gasteiger partial charge is 0.00140 e. The molecule has 1 saturated heterocycles. The van der Waals surface area contributed by atoms with Crippen molar-refractivity contribution in [2.45, 2.75) is 12.8 Å². The minimum absolute atomic E-state index is 0.912. The number of hydrogen-bond donors (Lipinski definition) is 1. The van der Waals surface area contributed by atoms with Gasteiger partial charge in [0.1, 0.15) is 0 Å². The van der Waals surface area contributed by atoms with Crippen LogP contribution in [0.5, 0.6) is 0 Å². The summed E-state index contributed by atoms with van der Waals surface area (Å²) in [5.74, 6) is 1.82. The summed E-state index contributed by atoms with van der Waals surface area (Å²) >= 11 is 0. The van der Waals surface area contributed by atoms with Gasteiger partial charge in [0.25, 0.3) is 0 Å². The van der Waals surface area contributed by atoms with Crippen molar-refractivity contribution >= 4 is 0 Å². The van der Waals surface area contributed by atoms with Gasteiger partial charge in [-0.25, -0.2) is 0 Å². The number of fused-ring (bicyclic) bond motifs is 2. The first-order valence-corrected chi connectivity index (χ1v) is 5.21. The Morgan fingerprint density at radius 2 is 1.46 bits per heavy atom. The molecule has 0 radical (unpaired) electrons. The van der Waals surface area contributed by atoms with Crippen molar-refractivity contribution in [3.8, 4) is 0 Å². The van der Waals surface area contributed by atoms with Gasteiger partial charge in [-0.15, -0.1) is 0 Å². The van der Waals surface area contributed by atoms with Crippen LogP contribution >= 0.6 is 0 Å². The summed E-state index contributed by atoms with van der Waals surface area (Å²) < 4.78 is 0. The average Bonchev–Trinajstić information content (AvgIpc) is 2.61. The molecule has 13 heavy (non-hydrogen) atoms. The van der Waals surface area contributed by atoms with Crippen molar-refractivity contribution in [2.75, 3.05) is 13.1 Å². The van der Waals surface area contributed by atoms with Gasteiger partial charge in [-0.05, 0) is 48.9 Å². The third kappa shape index (κ3) is 1.19. The molecular formula is C12H15N. The molecule has 2 atom stereocenters. The lowest BCUT2D eigenvalue weighted by Crippen LogP contribution is -2.23. The molecule has 0 amide bonds. The lowest BCUT2D eigenvalue weighted by molar-refractivity contribution is 0.390. The normalized spacial score (nSPS) is 31.1. The molecule has 1 fully saturated rings. The van der Waals surface area contributed by atoms with Gasteiger partial charge in [0.2, 0.25) is 0 Å². The van der Waals surface area contributed by atoms with Crippen molar-refractivity contribution in [1.82, 2.24) is 5.32 Å². The topological polar surface area (TPSA) is 12.0 Å². The van der Waals surface area contributed by atoms with Gasteiger partial charge in [0, 0.05) is 0 Å². The average molecular weight is 173 g/mol. The highest BCUT2D eigenvalue weighted by atomic mass is 14.9. The largest absolute Gasteiger partial charge is 0.316 e. The lowest BCUT2D eigenvalue weighted by atomic mass is 9.78. The zero-order chi connectivity index (χ0) is 8.67. The van der Waals surface area contributed by atoms with Crippen LogP contribution in [0.1, 0.15) is 11.1 Å². The minimum Gasteiger partial charge on any atom is -0.316 e. The predicted molar refractivity (Wildman–Crippen MR) is 53.7 cm³/mol. The predicted octanol–water partition coefficient (Wildman–Crippen LogP) is 1.62. The molecule has 0 bridgehead atoms. The van der Waals surface area contributed by atoms with Gasteiger partial charge in [-0.3, -0.25) is 0 Å². The molecule has 1 aliphatic heterocycles. The molecule has 0 saturated carbocycles. The second-order valence-electron chi connectivity index (χ2n) is 4.36. The summed E-state index contributed by atoms with van der Waals surface area (Å²) in [5, 5.41) is 3.50. The summed E-state index contributed by atoms with van der Waals surface area (Å²) in [5.41, 5.74) is 3.18. The highest BCUT2D eigenvalue weighted by molar-refractivity contribution is 5.31. The molecule has 1 heteroatoms. The highest BCUT2D eigenvalue weighted by Gasteiger charge is 2.31. The first-order valence-electron chi connectivity index (χ1n) is 5.21. The molecule has 0 unspecified atom stereocenters. The maximum absolute atomic E-state index is 3.50. The summed E-state index contributed by atoms with van der Waals surface area (Å²) in [6.07, 6.45) is 2.60. The zero-order valence-electron chi connectivity index (χ0n) is 7.79. The second-order valence-corrected chi connectivity index (χ2v) is 4.36. The highest BCUT2D eigenvalue weighted by Crippen LogP contribution is 2.31. The summed E-state index contributed by atoms with van der Waals surface area (Å²) in [6, 6.07) is 8.93. The van der Waals surface area contributed by atoms with Crippen LogP contribution in [0.2, 0.25) is 0 Å². The van der Waals surface area contributed by atoms with E-state index in [0.717, 1.165) is 11.8 Å². The maximum Gasteiger partial charge on any atom is -0.00140 e. The Bertz CT molecular complexity index is 288. The third-order valence-electron chi connectivity index (χ3n) is 3.56. The van der Waals surface area contributed by atoms with Crippen LogP contribution in [-0.4, -0.2) is 13.1 Å². The van der Waals surface area contributed by atoms with Crippen molar-refractivity contribution in [1.29, 1.82) is 0 Å². The number of benzene rings is 1. The van der Waals surface area contributed by atoms with E-state index in [1.54, 1.807) is 11.1 Å². The Balaban J connectivity index is 1.97. The van der Waals surface area contributed by atoms with Gasteiger partial charge in [0.15, 0.2) is 0 Å². The second kappa shape index (κ2) is 2.85. The number of hydrogen-bond acceptors (Lipinski definition) is 1. The summed E-state index contributed by atoms with van der Waals surface area (Å²) in [4.78, 5) is 0. The fraction of sp³-hybridized carbons (Fsp3) is 0.500. The zero-order valence-corrected chi connectivity index (χ0v) is 7.79. The van der Waals surface area contributed by atoms with Crippen LogP contribution in [0, 0.1) is 11.8 Å². The minimum atomic E-state index is 0.912. The standard InChI is InChI=1S/C12H15N/c1-2-4-10-6-12-8-13-7-11(12)5-9(10)3-1/h1-4,11-13H,5-8H2/t11-,12-/m0/s1. The van der Waals surface area contributed by atoms with Gasteiger partial charge in [-0.2, -0.15) is 0 Å². The van der Waals surface area contributed by atoms with Crippen molar-refractivity contribution < 1.29 is 0 Å². The van der Waals surface area contributed by atoms with E-state index in [1.807, 2.05) is 0 Å². The van der Waals surface area contributed by atoms with E-state index in [4.69, 9.17) is 0 Å². The molecule has 1 aromatic rings. The first kappa shape index (κ1) is 7.57. The van der Waals surface area contributed by atoms with E-state index in [9.17, 15) is 0 Å². The van der Waals surface area contributed by atoms with Crippen LogP contribution in [0.4, 0.5) is 0 Å². The van der Waals surface area contributed by atoms with Crippen molar-refractivity contribution in [3.05, 3.63) is 35.4 Å². The molecule has 0 spiro atoms. The molecule has 1 aliphatic carbocycles.